The van der Waals surface area contributed by atoms with Gasteiger partial charge in [-0.25, -0.2) is 4.98 Å². The molecule has 4 rings (SSSR count). The van der Waals surface area contributed by atoms with Crippen molar-refractivity contribution in [1.82, 2.24) is 14.9 Å². The number of piperidine rings is 1. The van der Waals surface area contributed by atoms with E-state index >= 15 is 0 Å². The second-order valence-electron chi connectivity index (χ2n) is 7.52. The van der Waals surface area contributed by atoms with Gasteiger partial charge in [-0.15, -0.1) is 0 Å². The number of H-pyrrole nitrogens is 1. The highest BCUT2D eigenvalue weighted by atomic mass is 16.3. The third-order valence-electron chi connectivity index (χ3n) is 5.22. The molecule has 0 saturated carbocycles. The molecule has 1 saturated heterocycles. The minimum Gasteiger partial charge on any atom is -0.385 e. The van der Waals surface area contributed by atoms with Gasteiger partial charge in [0.25, 0.3) is 5.91 Å². The molecule has 2 aromatic carbocycles. The summed E-state index contributed by atoms with van der Waals surface area (Å²) in [5.41, 5.74) is 4.11. The van der Waals surface area contributed by atoms with Gasteiger partial charge in [-0.2, -0.15) is 0 Å². The molecule has 2 heterocycles. The number of amides is 1. The normalized spacial score (nSPS) is 16.2. The first-order chi connectivity index (χ1) is 13.6. The molecule has 6 heteroatoms. The predicted octanol–water partition coefficient (Wildman–Crippen LogP) is 3.85. The van der Waals surface area contributed by atoms with Crippen molar-refractivity contribution >= 4 is 22.6 Å². The summed E-state index contributed by atoms with van der Waals surface area (Å²) in [6.45, 7) is 4.93. The molecule has 1 fully saturated rings. The molecular formula is C22H26N4O2. The first-order valence-corrected chi connectivity index (χ1v) is 9.89. The Morgan fingerprint density at radius 3 is 2.64 bits per heavy atom. The summed E-state index contributed by atoms with van der Waals surface area (Å²) in [6.07, 6.45) is 3.23. The average Bonchev–Trinajstić information content (AvgIpc) is 3.13. The number of nitrogens with one attached hydrogen (secondary N) is 2. The Kier molecular flexibility index (Phi) is 5.41. The fourth-order valence-electron chi connectivity index (χ4n) is 3.65. The maximum Gasteiger partial charge on any atom is 0.255 e. The lowest BCUT2D eigenvalue weighted by Crippen LogP contribution is -2.29. The van der Waals surface area contributed by atoms with Crippen molar-refractivity contribution in [2.75, 3.05) is 18.4 Å². The number of benzene rings is 2. The summed E-state index contributed by atoms with van der Waals surface area (Å²) >= 11 is 0. The molecule has 0 radical (unpaired) electrons. The third-order valence-corrected chi connectivity index (χ3v) is 5.22. The fraction of sp³-hybridized carbons (Fsp3) is 0.364. The van der Waals surface area contributed by atoms with Crippen molar-refractivity contribution in [3.63, 3.8) is 0 Å². The van der Waals surface area contributed by atoms with Gasteiger partial charge < -0.3 is 15.4 Å². The van der Waals surface area contributed by atoms with Gasteiger partial charge in [0.1, 0.15) is 11.9 Å². The van der Waals surface area contributed by atoms with Gasteiger partial charge in [0.05, 0.1) is 11.0 Å². The summed E-state index contributed by atoms with van der Waals surface area (Å²) in [4.78, 5) is 22.5. The highest BCUT2D eigenvalue weighted by Gasteiger charge is 2.12. The van der Waals surface area contributed by atoms with Crippen LogP contribution >= 0.6 is 0 Å². The number of carbonyl (C=O) groups excluding carboxylic acids is 1. The molecule has 146 valence electrons. The number of fused-ring (bicyclic) bond motifs is 1. The van der Waals surface area contributed by atoms with Crippen molar-refractivity contribution in [2.45, 2.75) is 38.8 Å². The number of aromatic amines is 1. The molecule has 3 aromatic rings. The van der Waals surface area contributed by atoms with Crippen molar-refractivity contribution < 1.29 is 9.90 Å². The van der Waals surface area contributed by atoms with Gasteiger partial charge >= 0.3 is 0 Å². The van der Waals surface area contributed by atoms with Crippen LogP contribution in [-0.2, 0) is 6.54 Å². The summed E-state index contributed by atoms with van der Waals surface area (Å²) in [7, 11) is 0. The van der Waals surface area contributed by atoms with Crippen molar-refractivity contribution in [3.8, 4) is 0 Å². The van der Waals surface area contributed by atoms with Gasteiger partial charge in [-0.3, -0.25) is 9.69 Å². The molecule has 28 heavy (non-hydrogen) atoms. The van der Waals surface area contributed by atoms with E-state index in [0.29, 0.717) is 17.1 Å². The van der Waals surface area contributed by atoms with Crippen LogP contribution in [0.1, 0.15) is 54.0 Å². The van der Waals surface area contributed by atoms with Crippen LogP contribution in [0.15, 0.2) is 42.5 Å². The molecule has 3 N–H and O–H groups in total. The monoisotopic (exact) mass is 378 g/mol. The summed E-state index contributed by atoms with van der Waals surface area (Å²) in [6, 6.07) is 13.3. The first-order valence-electron chi connectivity index (χ1n) is 9.89. The average molecular weight is 378 g/mol. The zero-order valence-electron chi connectivity index (χ0n) is 16.1. The number of hydrogen-bond acceptors (Lipinski definition) is 4. The van der Waals surface area contributed by atoms with Gasteiger partial charge in [0.15, 0.2) is 0 Å². The smallest absolute Gasteiger partial charge is 0.255 e. The Labute approximate surface area is 164 Å². The number of rotatable bonds is 5. The fourth-order valence-corrected chi connectivity index (χ4v) is 3.65. The second-order valence-corrected chi connectivity index (χ2v) is 7.52. The minimum atomic E-state index is -0.658. The number of hydrogen-bond donors (Lipinski definition) is 3. The lowest BCUT2D eigenvalue weighted by Gasteiger charge is -2.26. The van der Waals surface area contributed by atoms with Crippen LogP contribution in [0, 0.1) is 0 Å². The Bertz CT molecular complexity index is 956. The first kappa shape index (κ1) is 18.7. The maximum atomic E-state index is 12.6. The van der Waals surface area contributed by atoms with E-state index in [0.717, 1.165) is 30.7 Å². The van der Waals surface area contributed by atoms with Crippen LogP contribution in [-0.4, -0.2) is 39.0 Å². The molecule has 1 amide bonds. The zero-order chi connectivity index (χ0) is 19.5. The SMILES string of the molecule is CC(O)c1nc2ccc(NC(=O)c3ccc(CN4CCCCC4)cc3)cc2[nH]1. The summed E-state index contributed by atoms with van der Waals surface area (Å²) in [5, 5.41) is 12.6. The molecular weight excluding hydrogens is 352 g/mol. The molecule has 0 aliphatic carbocycles. The molecule has 6 nitrogen and oxygen atoms in total. The topological polar surface area (TPSA) is 81.2 Å². The van der Waals surface area contributed by atoms with E-state index in [-0.39, 0.29) is 5.91 Å². The zero-order valence-corrected chi connectivity index (χ0v) is 16.1. The van der Waals surface area contributed by atoms with Gasteiger partial charge in [0, 0.05) is 17.8 Å². The highest BCUT2D eigenvalue weighted by molar-refractivity contribution is 6.05. The van der Waals surface area contributed by atoms with Gasteiger partial charge in [-0.05, 0) is 68.8 Å². The van der Waals surface area contributed by atoms with E-state index in [9.17, 15) is 9.90 Å². The maximum absolute atomic E-state index is 12.6. The number of aliphatic hydroxyl groups is 1. The van der Waals surface area contributed by atoms with Crippen LogP contribution < -0.4 is 5.32 Å². The Morgan fingerprint density at radius 1 is 1.18 bits per heavy atom. The highest BCUT2D eigenvalue weighted by Crippen LogP contribution is 2.21. The molecule has 1 aliphatic rings. The van der Waals surface area contributed by atoms with Gasteiger partial charge in [-0.1, -0.05) is 18.6 Å². The van der Waals surface area contributed by atoms with Crippen molar-refractivity contribution in [1.29, 1.82) is 0 Å². The minimum absolute atomic E-state index is 0.140. The third kappa shape index (κ3) is 4.24. The van der Waals surface area contributed by atoms with Crippen LogP contribution in [0.5, 0.6) is 0 Å². The number of aliphatic hydroxyl groups excluding tert-OH is 1. The standard InChI is InChI=1S/C22H26N4O2/c1-15(27)21-24-19-10-9-18(13-20(19)25-21)23-22(28)17-7-5-16(6-8-17)14-26-11-3-2-4-12-26/h5-10,13,15,27H,2-4,11-12,14H2,1H3,(H,23,28)(H,24,25). The number of carbonyl (C=O) groups is 1. The van der Waals surface area contributed by atoms with Crippen molar-refractivity contribution in [2.24, 2.45) is 0 Å². The Morgan fingerprint density at radius 2 is 1.93 bits per heavy atom. The van der Waals surface area contributed by atoms with E-state index in [4.69, 9.17) is 0 Å². The molecule has 0 spiro atoms. The summed E-state index contributed by atoms with van der Waals surface area (Å²) in [5.74, 6) is 0.377. The van der Waals surface area contributed by atoms with E-state index in [1.165, 1.54) is 24.8 Å². The lowest BCUT2D eigenvalue weighted by molar-refractivity contribution is 0.102. The van der Waals surface area contributed by atoms with Crippen molar-refractivity contribution in [3.05, 3.63) is 59.4 Å². The molecule has 1 unspecified atom stereocenters. The van der Waals surface area contributed by atoms with Crippen LogP contribution in [0.4, 0.5) is 5.69 Å². The van der Waals surface area contributed by atoms with E-state index in [1.54, 1.807) is 6.92 Å². The number of likely N-dealkylation sites (tertiary alicyclic amines) is 1. The summed E-state index contributed by atoms with van der Waals surface area (Å²) < 4.78 is 0. The lowest BCUT2D eigenvalue weighted by atomic mass is 10.1. The quantitative estimate of drug-likeness (QED) is 0.630. The predicted molar refractivity (Wildman–Crippen MR) is 110 cm³/mol. The Balaban J connectivity index is 1.42. The van der Waals surface area contributed by atoms with Crippen LogP contribution in [0.25, 0.3) is 11.0 Å². The van der Waals surface area contributed by atoms with E-state index < -0.39 is 6.10 Å². The van der Waals surface area contributed by atoms with Crippen LogP contribution in [0.2, 0.25) is 0 Å². The number of nitrogens with zero attached hydrogens (tertiary/aromatic N) is 2. The van der Waals surface area contributed by atoms with E-state index in [2.05, 4.69) is 20.2 Å². The second kappa shape index (κ2) is 8.12. The largest absolute Gasteiger partial charge is 0.385 e. The molecule has 0 bridgehead atoms. The van der Waals surface area contributed by atoms with Crippen LogP contribution in [0.3, 0.4) is 0 Å². The Hall–Kier alpha value is -2.70. The van der Waals surface area contributed by atoms with E-state index in [1.807, 2.05) is 42.5 Å². The number of imidazole rings is 1. The number of aromatic nitrogens is 2. The molecule has 1 atom stereocenters. The van der Waals surface area contributed by atoms with Gasteiger partial charge in [0.2, 0.25) is 0 Å². The number of anilines is 1. The molecule has 1 aromatic heterocycles. The molecule has 1 aliphatic heterocycles.